The lowest BCUT2D eigenvalue weighted by molar-refractivity contribution is -0.141. The average molecular weight is 208 g/mol. The molecule has 0 radical (unpaired) electrons. The zero-order valence-corrected chi connectivity index (χ0v) is 10.6. The van der Waals surface area contributed by atoms with Gasteiger partial charge in [0, 0.05) is 0 Å². The average Bonchev–Trinajstić information content (AvgIpc) is 2.51. The molecule has 0 aromatic heterocycles. The van der Waals surface area contributed by atoms with E-state index in [9.17, 15) is 5.11 Å². The molecule has 0 aliphatic heterocycles. The normalized spacial score (nSPS) is 47.1. The van der Waals surface area contributed by atoms with E-state index >= 15 is 0 Å². The Hall–Kier alpha value is -0.300. The minimum atomic E-state index is -0.533. The maximum absolute atomic E-state index is 11.1. The van der Waals surface area contributed by atoms with Crippen molar-refractivity contribution < 1.29 is 5.11 Å². The van der Waals surface area contributed by atoms with Gasteiger partial charge in [0.2, 0.25) is 0 Å². The predicted octanol–water partition coefficient (Wildman–Crippen LogP) is 3.53. The Labute approximate surface area is 93.6 Å². The Morgan fingerprint density at radius 2 is 2.00 bits per heavy atom. The van der Waals surface area contributed by atoms with Crippen LogP contribution in [-0.4, -0.2) is 10.7 Å². The highest BCUT2D eigenvalue weighted by Crippen LogP contribution is 2.69. The minimum Gasteiger partial charge on any atom is -0.388 e. The van der Waals surface area contributed by atoms with Crippen LogP contribution in [0.25, 0.3) is 0 Å². The first-order valence-electron chi connectivity index (χ1n) is 6.10. The van der Waals surface area contributed by atoms with E-state index < -0.39 is 5.60 Å². The van der Waals surface area contributed by atoms with Crippen LogP contribution in [0.1, 0.15) is 53.4 Å². The van der Waals surface area contributed by atoms with Gasteiger partial charge in [0.15, 0.2) is 0 Å². The molecule has 15 heavy (non-hydrogen) atoms. The number of fused-ring (bicyclic) bond motifs is 2. The standard InChI is InChI=1S/C14H24O/c1-10(2)8-14(15)12(3,4)11-6-7-13(14,5)9-11/h11,15H,1,6-9H2,2-5H3/t11-,13+,14-/m0/s1. The number of hydrogen-bond acceptors (Lipinski definition) is 1. The maximum atomic E-state index is 11.1. The van der Waals surface area contributed by atoms with Crippen molar-refractivity contribution in [3.63, 3.8) is 0 Å². The quantitative estimate of drug-likeness (QED) is 0.688. The molecule has 1 heteroatoms. The molecule has 0 heterocycles. The summed E-state index contributed by atoms with van der Waals surface area (Å²) in [6, 6.07) is 0. The van der Waals surface area contributed by atoms with Crippen LogP contribution in [0.3, 0.4) is 0 Å². The molecule has 1 N–H and O–H groups in total. The molecule has 0 saturated heterocycles. The van der Waals surface area contributed by atoms with Gasteiger partial charge in [0.25, 0.3) is 0 Å². The minimum absolute atomic E-state index is 0.0545. The van der Waals surface area contributed by atoms with Crippen LogP contribution in [0, 0.1) is 16.7 Å². The Balaban J connectivity index is 2.40. The van der Waals surface area contributed by atoms with Gasteiger partial charge in [-0.15, -0.1) is 6.58 Å². The third-order valence-electron chi connectivity index (χ3n) is 5.38. The smallest absolute Gasteiger partial charge is 0.0791 e. The maximum Gasteiger partial charge on any atom is 0.0791 e. The summed E-state index contributed by atoms with van der Waals surface area (Å²) in [4.78, 5) is 0. The van der Waals surface area contributed by atoms with Gasteiger partial charge in [-0.3, -0.25) is 0 Å². The van der Waals surface area contributed by atoms with Crippen molar-refractivity contribution in [1.82, 2.24) is 0 Å². The summed E-state index contributed by atoms with van der Waals surface area (Å²) in [6.07, 6.45) is 4.45. The van der Waals surface area contributed by atoms with Crippen molar-refractivity contribution in [2.24, 2.45) is 16.7 Å². The molecule has 3 atom stereocenters. The highest BCUT2D eigenvalue weighted by atomic mass is 16.3. The van der Waals surface area contributed by atoms with Crippen molar-refractivity contribution >= 4 is 0 Å². The molecule has 2 aliphatic rings. The fourth-order valence-corrected chi connectivity index (χ4v) is 4.23. The van der Waals surface area contributed by atoms with E-state index in [2.05, 4.69) is 27.4 Å². The largest absolute Gasteiger partial charge is 0.388 e. The molecule has 0 aromatic carbocycles. The summed E-state index contributed by atoms with van der Waals surface area (Å²) in [6.45, 7) is 12.8. The van der Waals surface area contributed by atoms with E-state index in [4.69, 9.17) is 0 Å². The van der Waals surface area contributed by atoms with Gasteiger partial charge in [-0.1, -0.05) is 26.3 Å². The Kier molecular flexibility index (Phi) is 2.15. The lowest BCUT2D eigenvalue weighted by Crippen LogP contribution is -2.54. The van der Waals surface area contributed by atoms with Gasteiger partial charge in [0.1, 0.15) is 0 Å². The van der Waals surface area contributed by atoms with E-state index in [0.717, 1.165) is 12.0 Å². The van der Waals surface area contributed by atoms with Crippen LogP contribution >= 0.6 is 0 Å². The molecule has 2 aliphatic carbocycles. The van der Waals surface area contributed by atoms with Crippen LogP contribution in [0.2, 0.25) is 0 Å². The molecule has 0 amide bonds. The summed E-state index contributed by atoms with van der Waals surface area (Å²) in [5.74, 6) is 0.701. The van der Waals surface area contributed by atoms with Crippen molar-refractivity contribution in [2.45, 2.75) is 59.0 Å². The van der Waals surface area contributed by atoms with Crippen molar-refractivity contribution in [1.29, 1.82) is 0 Å². The van der Waals surface area contributed by atoms with Gasteiger partial charge in [-0.05, 0) is 49.4 Å². The molecular weight excluding hydrogens is 184 g/mol. The molecule has 2 bridgehead atoms. The van der Waals surface area contributed by atoms with Crippen molar-refractivity contribution in [3.05, 3.63) is 12.2 Å². The molecule has 2 saturated carbocycles. The number of hydrogen-bond donors (Lipinski definition) is 1. The van der Waals surface area contributed by atoms with Crippen LogP contribution in [0.15, 0.2) is 12.2 Å². The van der Waals surface area contributed by atoms with E-state index in [0.29, 0.717) is 5.92 Å². The topological polar surface area (TPSA) is 20.2 Å². The van der Waals surface area contributed by atoms with Crippen LogP contribution in [0.5, 0.6) is 0 Å². The summed E-state index contributed by atoms with van der Waals surface area (Å²) in [7, 11) is 0. The highest BCUT2D eigenvalue weighted by molar-refractivity contribution is 5.21. The van der Waals surface area contributed by atoms with E-state index in [1.54, 1.807) is 0 Å². The van der Waals surface area contributed by atoms with E-state index in [1.807, 2.05) is 6.92 Å². The van der Waals surface area contributed by atoms with Gasteiger partial charge in [-0.2, -0.15) is 0 Å². The Morgan fingerprint density at radius 1 is 1.40 bits per heavy atom. The second kappa shape index (κ2) is 2.88. The predicted molar refractivity (Wildman–Crippen MR) is 63.6 cm³/mol. The highest BCUT2D eigenvalue weighted by Gasteiger charge is 2.67. The number of rotatable bonds is 2. The van der Waals surface area contributed by atoms with E-state index in [1.165, 1.54) is 19.3 Å². The summed E-state index contributed by atoms with van der Waals surface area (Å²) in [5, 5.41) is 11.1. The van der Waals surface area contributed by atoms with Crippen LogP contribution in [-0.2, 0) is 0 Å². The monoisotopic (exact) mass is 208 g/mol. The third-order valence-corrected chi connectivity index (χ3v) is 5.38. The first-order valence-corrected chi connectivity index (χ1v) is 6.10. The molecule has 0 unspecified atom stereocenters. The molecule has 1 nitrogen and oxygen atoms in total. The Morgan fingerprint density at radius 3 is 2.40 bits per heavy atom. The van der Waals surface area contributed by atoms with Gasteiger partial charge in [-0.25, -0.2) is 0 Å². The fraction of sp³-hybridized carbons (Fsp3) is 0.857. The molecular formula is C14H24O. The molecule has 86 valence electrons. The van der Waals surface area contributed by atoms with Crippen molar-refractivity contribution in [3.8, 4) is 0 Å². The molecule has 2 rings (SSSR count). The fourth-order valence-electron chi connectivity index (χ4n) is 4.23. The lowest BCUT2D eigenvalue weighted by atomic mass is 9.58. The van der Waals surface area contributed by atoms with Crippen LogP contribution in [0.4, 0.5) is 0 Å². The van der Waals surface area contributed by atoms with Gasteiger partial charge < -0.3 is 5.11 Å². The Bertz CT molecular complexity index is 298. The molecule has 0 aromatic rings. The lowest BCUT2D eigenvalue weighted by Gasteiger charge is -2.51. The zero-order chi connectivity index (χ0) is 11.5. The third kappa shape index (κ3) is 1.19. The SMILES string of the molecule is C=C(C)C[C@]1(O)C(C)(C)[C@H]2CC[C@]1(C)C2. The van der Waals surface area contributed by atoms with Crippen molar-refractivity contribution in [2.75, 3.05) is 0 Å². The van der Waals surface area contributed by atoms with Gasteiger partial charge in [0.05, 0.1) is 5.60 Å². The molecule has 2 fully saturated rings. The van der Waals surface area contributed by atoms with Gasteiger partial charge >= 0.3 is 0 Å². The second-order valence-electron chi connectivity index (χ2n) is 6.72. The summed E-state index contributed by atoms with van der Waals surface area (Å²) in [5.41, 5.74) is 0.757. The molecule has 0 spiro atoms. The first-order chi connectivity index (χ1) is 6.73. The van der Waals surface area contributed by atoms with E-state index in [-0.39, 0.29) is 10.8 Å². The summed E-state index contributed by atoms with van der Waals surface area (Å²) < 4.78 is 0. The zero-order valence-electron chi connectivity index (χ0n) is 10.6. The first kappa shape index (κ1) is 11.2. The number of aliphatic hydroxyl groups is 1. The van der Waals surface area contributed by atoms with Crippen LogP contribution < -0.4 is 0 Å². The summed E-state index contributed by atoms with van der Waals surface area (Å²) >= 11 is 0. The second-order valence-corrected chi connectivity index (χ2v) is 6.72.